The highest BCUT2D eigenvalue weighted by molar-refractivity contribution is 5.93. The van der Waals surface area contributed by atoms with Crippen molar-refractivity contribution in [2.75, 3.05) is 32.5 Å². The number of amides is 1. The summed E-state index contributed by atoms with van der Waals surface area (Å²) in [4.78, 5) is 22.7. The Hall–Kier alpha value is -2.47. The summed E-state index contributed by atoms with van der Waals surface area (Å²) in [5.74, 6) is 0.344. The number of likely N-dealkylation sites (N-methyl/N-ethyl adjacent to an activating group) is 1. The third-order valence-electron chi connectivity index (χ3n) is 3.99. The average Bonchev–Trinajstić information content (AvgIpc) is 2.62. The van der Waals surface area contributed by atoms with Gasteiger partial charge in [-0.15, -0.1) is 0 Å². The van der Waals surface area contributed by atoms with E-state index in [1.54, 1.807) is 12.4 Å². The van der Waals surface area contributed by atoms with Crippen LogP contribution in [0.15, 0.2) is 30.6 Å². The van der Waals surface area contributed by atoms with Crippen molar-refractivity contribution < 1.29 is 4.79 Å². The van der Waals surface area contributed by atoms with Gasteiger partial charge in [0.2, 0.25) is 5.95 Å². The van der Waals surface area contributed by atoms with E-state index in [9.17, 15) is 4.79 Å². The summed E-state index contributed by atoms with van der Waals surface area (Å²) in [6.45, 7) is 5.64. The zero-order valence-corrected chi connectivity index (χ0v) is 15.5. The van der Waals surface area contributed by atoms with Gasteiger partial charge in [-0.05, 0) is 38.1 Å². The summed E-state index contributed by atoms with van der Waals surface area (Å²) in [6, 6.07) is 6.28. The molecule has 6 heteroatoms. The molecule has 0 atom stereocenters. The van der Waals surface area contributed by atoms with E-state index < -0.39 is 0 Å². The van der Waals surface area contributed by atoms with Crippen molar-refractivity contribution in [3.05, 3.63) is 47.3 Å². The van der Waals surface area contributed by atoms with Gasteiger partial charge in [0.25, 0.3) is 5.91 Å². The van der Waals surface area contributed by atoms with Crippen LogP contribution >= 0.6 is 0 Å². The number of nitrogens with zero attached hydrogens (tertiary/aromatic N) is 3. The fourth-order valence-electron chi connectivity index (χ4n) is 2.52. The maximum absolute atomic E-state index is 12.1. The first-order valence-electron chi connectivity index (χ1n) is 8.67. The molecule has 0 bridgehead atoms. The number of hydrogen-bond acceptors (Lipinski definition) is 5. The number of aryl methyl sites for hydroxylation is 2. The second-order valence-electron chi connectivity index (χ2n) is 6.14. The molecule has 6 nitrogen and oxygen atoms in total. The SMILES string of the molecule is CCc1cccc(CC)c1Nc1ncc(C(=O)NCCN(C)C)cn1. The van der Waals surface area contributed by atoms with Crippen molar-refractivity contribution in [2.45, 2.75) is 26.7 Å². The molecule has 0 spiro atoms. The van der Waals surface area contributed by atoms with Crippen LogP contribution in [0.5, 0.6) is 0 Å². The Balaban J connectivity index is 2.07. The van der Waals surface area contributed by atoms with Gasteiger partial charge in [0.15, 0.2) is 0 Å². The van der Waals surface area contributed by atoms with Gasteiger partial charge in [0, 0.05) is 31.2 Å². The van der Waals surface area contributed by atoms with E-state index >= 15 is 0 Å². The highest BCUT2D eigenvalue weighted by atomic mass is 16.1. The number of benzene rings is 1. The molecule has 25 heavy (non-hydrogen) atoms. The fraction of sp³-hybridized carbons (Fsp3) is 0.421. The molecule has 2 aromatic rings. The van der Waals surface area contributed by atoms with Crippen LogP contribution in [-0.2, 0) is 12.8 Å². The number of para-hydroxylation sites is 1. The second-order valence-corrected chi connectivity index (χ2v) is 6.14. The number of hydrogen-bond donors (Lipinski definition) is 2. The Morgan fingerprint density at radius 2 is 1.68 bits per heavy atom. The fourth-order valence-corrected chi connectivity index (χ4v) is 2.52. The number of rotatable bonds is 8. The van der Waals surface area contributed by atoms with Crippen LogP contribution in [0.4, 0.5) is 11.6 Å². The van der Waals surface area contributed by atoms with Gasteiger partial charge in [0.1, 0.15) is 0 Å². The first-order chi connectivity index (χ1) is 12.0. The molecular weight excluding hydrogens is 314 g/mol. The smallest absolute Gasteiger partial charge is 0.254 e. The normalized spacial score (nSPS) is 10.8. The third-order valence-corrected chi connectivity index (χ3v) is 3.99. The minimum Gasteiger partial charge on any atom is -0.351 e. The van der Waals surface area contributed by atoms with Gasteiger partial charge < -0.3 is 15.5 Å². The average molecular weight is 341 g/mol. The second kappa shape index (κ2) is 9.13. The molecule has 0 saturated carbocycles. The molecule has 134 valence electrons. The van der Waals surface area contributed by atoms with E-state index in [0.29, 0.717) is 18.1 Å². The molecule has 1 aromatic carbocycles. The van der Waals surface area contributed by atoms with Gasteiger partial charge in [-0.25, -0.2) is 9.97 Å². The summed E-state index contributed by atoms with van der Waals surface area (Å²) in [5, 5.41) is 6.16. The molecule has 1 heterocycles. The summed E-state index contributed by atoms with van der Waals surface area (Å²) in [5.41, 5.74) is 3.99. The van der Waals surface area contributed by atoms with Crippen LogP contribution in [0.1, 0.15) is 35.3 Å². The number of carbonyl (C=O) groups is 1. The standard InChI is InChI=1S/C19H27N5O/c1-5-14-8-7-9-15(6-2)17(14)23-19-21-12-16(13-22-19)18(25)20-10-11-24(3)4/h7-9,12-13H,5-6,10-11H2,1-4H3,(H,20,25)(H,21,22,23). The maximum atomic E-state index is 12.1. The summed E-state index contributed by atoms with van der Waals surface area (Å²) >= 11 is 0. The van der Waals surface area contributed by atoms with E-state index in [0.717, 1.165) is 25.1 Å². The number of nitrogens with one attached hydrogen (secondary N) is 2. The van der Waals surface area contributed by atoms with Gasteiger partial charge in [-0.1, -0.05) is 32.0 Å². The highest BCUT2D eigenvalue weighted by Gasteiger charge is 2.10. The lowest BCUT2D eigenvalue weighted by molar-refractivity contribution is 0.0950. The lowest BCUT2D eigenvalue weighted by Gasteiger charge is -2.14. The summed E-state index contributed by atoms with van der Waals surface area (Å²) in [6.07, 6.45) is 4.98. The first-order valence-corrected chi connectivity index (χ1v) is 8.67. The molecule has 2 N–H and O–H groups in total. The predicted octanol–water partition coefficient (Wildman–Crippen LogP) is 2.64. The van der Waals surface area contributed by atoms with Crippen LogP contribution in [0, 0.1) is 0 Å². The molecule has 0 unspecified atom stereocenters. The highest BCUT2D eigenvalue weighted by Crippen LogP contribution is 2.24. The van der Waals surface area contributed by atoms with Crippen molar-refractivity contribution in [3.63, 3.8) is 0 Å². The van der Waals surface area contributed by atoms with E-state index in [1.165, 1.54) is 11.1 Å². The van der Waals surface area contributed by atoms with E-state index in [1.807, 2.05) is 19.0 Å². The number of carbonyl (C=O) groups excluding carboxylic acids is 1. The van der Waals surface area contributed by atoms with E-state index in [2.05, 4.69) is 52.6 Å². The Kier molecular flexibility index (Phi) is 6.89. The van der Waals surface area contributed by atoms with Crippen LogP contribution in [0.25, 0.3) is 0 Å². The van der Waals surface area contributed by atoms with Crippen LogP contribution < -0.4 is 10.6 Å². The molecule has 0 radical (unpaired) electrons. The molecular formula is C19H27N5O. The molecule has 0 fully saturated rings. The third kappa shape index (κ3) is 5.26. The van der Waals surface area contributed by atoms with Crippen LogP contribution in [0.3, 0.4) is 0 Å². The van der Waals surface area contributed by atoms with Crippen LogP contribution in [-0.4, -0.2) is 48.0 Å². The van der Waals surface area contributed by atoms with Crippen molar-refractivity contribution >= 4 is 17.5 Å². The Labute approximate surface area is 149 Å². The van der Waals surface area contributed by atoms with Crippen molar-refractivity contribution in [1.82, 2.24) is 20.2 Å². The predicted molar refractivity (Wildman–Crippen MR) is 101 cm³/mol. The Morgan fingerprint density at radius 1 is 1.08 bits per heavy atom. The Bertz CT molecular complexity index is 675. The molecule has 0 saturated heterocycles. The molecule has 0 aliphatic carbocycles. The quantitative estimate of drug-likeness (QED) is 0.772. The number of aromatic nitrogens is 2. The topological polar surface area (TPSA) is 70.2 Å². The summed E-state index contributed by atoms with van der Waals surface area (Å²) < 4.78 is 0. The van der Waals surface area contributed by atoms with Gasteiger partial charge >= 0.3 is 0 Å². The molecule has 0 aliphatic rings. The number of anilines is 2. The minimum atomic E-state index is -0.156. The lowest BCUT2D eigenvalue weighted by atomic mass is 10.0. The minimum absolute atomic E-state index is 0.156. The van der Waals surface area contributed by atoms with Gasteiger partial charge in [-0.2, -0.15) is 0 Å². The van der Waals surface area contributed by atoms with Crippen molar-refractivity contribution in [3.8, 4) is 0 Å². The monoisotopic (exact) mass is 341 g/mol. The molecule has 0 aliphatic heterocycles. The largest absolute Gasteiger partial charge is 0.351 e. The first kappa shape index (κ1) is 18.9. The molecule has 1 amide bonds. The lowest BCUT2D eigenvalue weighted by Crippen LogP contribution is -2.31. The molecule has 2 rings (SSSR count). The van der Waals surface area contributed by atoms with Crippen molar-refractivity contribution in [1.29, 1.82) is 0 Å². The zero-order chi connectivity index (χ0) is 18.2. The Morgan fingerprint density at radius 3 is 2.20 bits per heavy atom. The van der Waals surface area contributed by atoms with Crippen LogP contribution in [0.2, 0.25) is 0 Å². The maximum Gasteiger partial charge on any atom is 0.254 e. The van der Waals surface area contributed by atoms with Crippen molar-refractivity contribution in [2.24, 2.45) is 0 Å². The van der Waals surface area contributed by atoms with E-state index in [4.69, 9.17) is 0 Å². The van der Waals surface area contributed by atoms with Gasteiger partial charge in [-0.3, -0.25) is 4.79 Å². The molecule has 1 aromatic heterocycles. The van der Waals surface area contributed by atoms with Gasteiger partial charge in [0.05, 0.1) is 5.56 Å². The van der Waals surface area contributed by atoms with E-state index in [-0.39, 0.29) is 5.91 Å². The summed E-state index contributed by atoms with van der Waals surface area (Å²) in [7, 11) is 3.93. The zero-order valence-electron chi connectivity index (χ0n) is 15.5.